The van der Waals surface area contributed by atoms with Gasteiger partial charge in [-0.2, -0.15) is 0 Å². The molecule has 1 aliphatic heterocycles. The number of rotatable bonds is 5. The third-order valence-electron chi connectivity index (χ3n) is 6.61. The van der Waals surface area contributed by atoms with Gasteiger partial charge in [0.05, 0.1) is 11.8 Å². The summed E-state index contributed by atoms with van der Waals surface area (Å²) in [6, 6.07) is 11.6. The lowest BCUT2D eigenvalue weighted by Crippen LogP contribution is -2.57. The minimum atomic E-state index is -0.456. The summed E-state index contributed by atoms with van der Waals surface area (Å²) < 4.78 is 19.3. The van der Waals surface area contributed by atoms with Crippen molar-refractivity contribution in [3.05, 3.63) is 65.2 Å². The Kier molecular flexibility index (Phi) is 4.36. The number of furan rings is 1. The number of fused-ring (bicyclic) bond motifs is 1. The topological polar surface area (TPSA) is 48.7 Å². The molecule has 6 heteroatoms. The Morgan fingerprint density at radius 1 is 1.20 bits per heavy atom. The molecule has 30 heavy (non-hydrogen) atoms. The van der Waals surface area contributed by atoms with Gasteiger partial charge < -0.3 is 19.5 Å². The SMILES string of the molecule is Cc1ccc(N2CC(N(C)C)C2)cc1C(=O)NC1(c2ccc(F)c3occc23)CC1. The quantitative estimate of drug-likeness (QED) is 0.693. The van der Waals surface area contributed by atoms with Crippen molar-refractivity contribution in [3.8, 4) is 0 Å². The van der Waals surface area contributed by atoms with Gasteiger partial charge in [0, 0.05) is 35.8 Å². The van der Waals surface area contributed by atoms with E-state index in [-0.39, 0.29) is 17.3 Å². The molecule has 0 atom stereocenters. The molecule has 2 aromatic carbocycles. The Balaban J connectivity index is 1.40. The van der Waals surface area contributed by atoms with Crippen LogP contribution in [0.3, 0.4) is 0 Å². The number of likely N-dealkylation sites (N-methyl/N-ethyl adjacent to an activating group) is 1. The van der Waals surface area contributed by atoms with Crippen molar-refractivity contribution < 1.29 is 13.6 Å². The first kappa shape index (κ1) is 19.1. The number of aryl methyl sites for hydroxylation is 1. The molecule has 0 bridgehead atoms. The molecule has 3 aromatic rings. The van der Waals surface area contributed by atoms with Gasteiger partial charge in [-0.15, -0.1) is 0 Å². The summed E-state index contributed by atoms with van der Waals surface area (Å²) in [4.78, 5) is 17.8. The van der Waals surface area contributed by atoms with Crippen molar-refractivity contribution in [3.63, 3.8) is 0 Å². The average molecular weight is 407 g/mol. The van der Waals surface area contributed by atoms with Gasteiger partial charge in [-0.05, 0) is 69.3 Å². The van der Waals surface area contributed by atoms with Crippen LogP contribution in [0.2, 0.25) is 0 Å². The minimum Gasteiger partial charge on any atom is -0.461 e. The number of amides is 1. The fraction of sp³-hybridized carbons (Fsp3) is 0.375. The van der Waals surface area contributed by atoms with E-state index in [1.165, 1.54) is 12.3 Å². The predicted molar refractivity (Wildman–Crippen MR) is 115 cm³/mol. The van der Waals surface area contributed by atoms with E-state index < -0.39 is 5.54 Å². The average Bonchev–Trinajstić information content (AvgIpc) is 3.25. The van der Waals surface area contributed by atoms with Gasteiger partial charge in [0.25, 0.3) is 5.91 Å². The van der Waals surface area contributed by atoms with Gasteiger partial charge in [-0.25, -0.2) is 4.39 Å². The molecule has 2 fully saturated rings. The number of anilines is 1. The highest BCUT2D eigenvalue weighted by Gasteiger charge is 2.47. The van der Waals surface area contributed by atoms with E-state index in [0.29, 0.717) is 11.6 Å². The zero-order valence-electron chi connectivity index (χ0n) is 17.5. The number of nitrogens with one attached hydrogen (secondary N) is 1. The summed E-state index contributed by atoms with van der Waals surface area (Å²) in [5, 5.41) is 3.97. The molecular formula is C24H26FN3O2. The molecule has 2 heterocycles. The van der Waals surface area contributed by atoms with Crippen LogP contribution in [0.25, 0.3) is 11.0 Å². The van der Waals surface area contributed by atoms with Gasteiger partial charge in [-0.1, -0.05) is 12.1 Å². The van der Waals surface area contributed by atoms with E-state index in [2.05, 4.69) is 35.3 Å². The van der Waals surface area contributed by atoms with Crippen LogP contribution in [0, 0.1) is 12.7 Å². The van der Waals surface area contributed by atoms with Gasteiger partial charge in [-0.3, -0.25) is 4.79 Å². The maximum Gasteiger partial charge on any atom is 0.252 e. The first-order valence-corrected chi connectivity index (χ1v) is 10.4. The number of nitrogens with zero attached hydrogens (tertiary/aromatic N) is 2. The molecule has 0 spiro atoms. The van der Waals surface area contributed by atoms with Crippen molar-refractivity contribution in [1.29, 1.82) is 0 Å². The van der Waals surface area contributed by atoms with Crippen molar-refractivity contribution in [2.75, 3.05) is 32.1 Å². The fourth-order valence-corrected chi connectivity index (χ4v) is 4.36. The highest BCUT2D eigenvalue weighted by atomic mass is 19.1. The summed E-state index contributed by atoms with van der Waals surface area (Å²) >= 11 is 0. The second kappa shape index (κ2) is 6.84. The maximum absolute atomic E-state index is 14.0. The Bertz CT molecular complexity index is 1130. The normalized spacial score (nSPS) is 18.0. The molecule has 1 amide bonds. The van der Waals surface area contributed by atoms with E-state index in [1.807, 2.05) is 19.1 Å². The Labute approximate surface area is 175 Å². The standard InChI is InChI=1S/C24H26FN3O2/c1-15-4-5-16(28-13-17(14-28)27(2)3)12-19(15)23(29)26-24(9-10-24)20-6-7-21(25)22-18(20)8-11-30-22/h4-8,11-12,17H,9-10,13-14H2,1-3H3,(H,26,29). The largest absolute Gasteiger partial charge is 0.461 e. The molecule has 1 saturated carbocycles. The summed E-state index contributed by atoms with van der Waals surface area (Å²) in [5.74, 6) is -0.465. The molecule has 1 N–H and O–H groups in total. The van der Waals surface area contributed by atoms with Gasteiger partial charge in [0.15, 0.2) is 11.4 Å². The van der Waals surface area contributed by atoms with Crippen molar-refractivity contribution in [2.45, 2.75) is 31.3 Å². The lowest BCUT2D eigenvalue weighted by atomic mass is 9.98. The molecule has 156 valence electrons. The lowest BCUT2D eigenvalue weighted by molar-refractivity contribution is 0.0930. The number of hydrogen-bond acceptors (Lipinski definition) is 4. The van der Waals surface area contributed by atoms with Crippen molar-refractivity contribution in [1.82, 2.24) is 10.2 Å². The van der Waals surface area contributed by atoms with Crippen LogP contribution in [-0.2, 0) is 5.54 Å². The first-order chi connectivity index (χ1) is 14.4. The molecule has 1 saturated heterocycles. The zero-order chi connectivity index (χ0) is 21.0. The third-order valence-corrected chi connectivity index (χ3v) is 6.61. The lowest BCUT2D eigenvalue weighted by Gasteiger charge is -2.44. The van der Waals surface area contributed by atoms with Crippen LogP contribution in [0.4, 0.5) is 10.1 Å². The number of carbonyl (C=O) groups is 1. The fourth-order valence-electron chi connectivity index (χ4n) is 4.36. The second-order valence-corrected chi connectivity index (χ2v) is 8.82. The van der Waals surface area contributed by atoms with Crippen molar-refractivity contribution in [2.24, 2.45) is 0 Å². The predicted octanol–water partition coefficient (Wildman–Crippen LogP) is 4.05. The van der Waals surface area contributed by atoms with Crippen molar-refractivity contribution >= 4 is 22.6 Å². The molecule has 1 aromatic heterocycles. The van der Waals surface area contributed by atoms with Gasteiger partial charge >= 0.3 is 0 Å². The minimum absolute atomic E-state index is 0.0856. The van der Waals surface area contributed by atoms with Crippen LogP contribution in [0.1, 0.15) is 34.3 Å². The monoisotopic (exact) mass is 407 g/mol. The molecule has 5 nitrogen and oxygen atoms in total. The second-order valence-electron chi connectivity index (χ2n) is 8.82. The van der Waals surface area contributed by atoms with E-state index in [0.717, 1.165) is 48.1 Å². The van der Waals surface area contributed by atoms with E-state index in [1.54, 1.807) is 12.1 Å². The van der Waals surface area contributed by atoms with Crippen LogP contribution in [0.15, 0.2) is 47.1 Å². The molecule has 2 aliphatic rings. The van der Waals surface area contributed by atoms with Crippen LogP contribution in [-0.4, -0.2) is 44.0 Å². The number of halogens is 1. The summed E-state index contributed by atoms with van der Waals surface area (Å²) in [7, 11) is 4.19. The van der Waals surface area contributed by atoms with Gasteiger partial charge in [0.2, 0.25) is 0 Å². The first-order valence-electron chi connectivity index (χ1n) is 10.4. The number of hydrogen-bond donors (Lipinski definition) is 1. The Morgan fingerprint density at radius 3 is 2.67 bits per heavy atom. The molecule has 1 aliphatic carbocycles. The van der Waals surface area contributed by atoms with Crippen LogP contribution < -0.4 is 10.2 Å². The summed E-state index contributed by atoms with van der Waals surface area (Å²) in [6.07, 6.45) is 3.16. The summed E-state index contributed by atoms with van der Waals surface area (Å²) in [5.41, 5.74) is 3.43. The number of carbonyl (C=O) groups excluding carboxylic acids is 1. The van der Waals surface area contributed by atoms with E-state index >= 15 is 0 Å². The molecule has 5 rings (SSSR count). The molecule has 0 radical (unpaired) electrons. The van der Waals surface area contributed by atoms with E-state index in [9.17, 15) is 9.18 Å². The zero-order valence-corrected chi connectivity index (χ0v) is 17.5. The highest BCUT2D eigenvalue weighted by Crippen LogP contribution is 2.48. The molecule has 0 unspecified atom stereocenters. The maximum atomic E-state index is 14.0. The van der Waals surface area contributed by atoms with Crippen LogP contribution >= 0.6 is 0 Å². The Morgan fingerprint density at radius 2 is 1.97 bits per heavy atom. The Hall–Kier alpha value is -2.86. The van der Waals surface area contributed by atoms with Crippen LogP contribution in [0.5, 0.6) is 0 Å². The number of benzene rings is 2. The smallest absolute Gasteiger partial charge is 0.252 e. The van der Waals surface area contributed by atoms with Gasteiger partial charge in [0.1, 0.15) is 0 Å². The van der Waals surface area contributed by atoms with E-state index in [4.69, 9.17) is 4.42 Å². The third kappa shape index (κ3) is 3.06. The molecular weight excluding hydrogens is 381 g/mol. The highest BCUT2D eigenvalue weighted by molar-refractivity contribution is 5.98. The summed E-state index contributed by atoms with van der Waals surface area (Å²) in [6.45, 7) is 3.90.